The lowest BCUT2D eigenvalue weighted by Gasteiger charge is -2.26. The highest BCUT2D eigenvalue weighted by Crippen LogP contribution is 2.24. The number of nitrogens with zero attached hydrogens (tertiary/aromatic N) is 1. The van der Waals surface area contributed by atoms with Crippen molar-refractivity contribution in [3.05, 3.63) is 29.8 Å². The Kier molecular flexibility index (Phi) is 4.60. The maximum absolute atomic E-state index is 12.6. The maximum atomic E-state index is 12.6. The predicted molar refractivity (Wildman–Crippen MR) is 74.2 cm³/mol. The van der Waals surface area contributed by atoms with Crippen LogP contribution in [0.25, 0.3) is 0 Å². The SMILES string of the molecule is CC1CCCCCN1S(=O)(=O)c1ccc(CO)cc1. The van der Waals surface area contributed by atoms with E-state index >= 15 is 0 Å². The van der Waals surface area contributed by atoms with Gasteiger partial charge >= 0.3 is 0 Å². The van der Waals surface area contributed by atoms with Gasteiger partial charge in [0.05, 0.1) is 11.5 Å². The molecule has 1 N–H and O–H groups in total. The molecule has 1 heterocycles. The summed E-state index contributed by atoms with van der Waals surface area (Å²) in [4.78, 5) is 0.318. The average Bonchev–Trinajstić information content (AvgIpc) is 2.64. The van der Waals surface area contributed by atoms with Crippen molar-refractivity contribution < 1.29 is 13.5 Å². The Labute approximate surface area is 115 Å². The van der Waals surface area contributed by atoms with E-state index in [0.29, 0.717) is 11.4 Å². The molecule has 1 aromatic carbocycles. The first-order chi connectivity index (χ1) is 9.05. The molecule has 2 rings (SSSR count). The van der Waals surface area contributed by atoms with Crippen molar-refractivity contribution in [3.63, 3.8) is 0 Å². The number of benzene rings is 1. The van der Waals surface area contributed by atoms with Crippen molar-refractivity contribution in [1.82, 2.24) is 4.31 Å². The van der Waals surface area contributed by atoms with Crippen LogP contribution in [-0.2, 0) is 16.6 Å². The zero-order valence-corrected chi connectivity index (χ0v) is 12.1. The van der Waals surface area contributed by atoms with Crippen molar-refractivity contribution in [2.75, 3.05) is 6.54 Å². The molecule has 1 atom stereocenters. The van der Waals surface area contributed by atoms with E-state index in [1.54, 1.807) is 28.6 Å². The summed E-state index contributed by atoms with van der Waals surface area (Å²) in [5, 5.41) is 9.00. The fourth-order valence-electron chi connectivity index (χ4n) is 2.51. The number of rotatable bonds is 3. The molecule has 1 aromatic rings. The van der Waals surface area contributed by atoms with Crippen molar-refractivity contribution in [2.24, 2.45) is 0 Å². The van der Waals surface area contributed by atoms with E-state index in [1.807, 2.05) is 6.92 Å². The molecule has 0 amide bonds. The monoisotopic (exact) mass is 283 g/mol. The molecule has 0 radical (unpaired) electrons. The van der Waals surface area contributed by atoms with E-state index in [-0.39, 0.29) is 12.6 Å². The molecule has 4 nitrogen and oxygen atoms in total. The van der Waals surface area contributed by atoms with Gasteiger partial charge in [0.2, 0.25) is 10.0 Å². The molecule has 1 saturated heterocycles. The molecule has 0 aliphatic carbocycles. The molecule has 0 bridgehead atoms. The quantitative estimate of drug-likeness (QED) is 0.924. The molecule has 1 aliphatic heterocycles. The zero-order chi connectivity index (χ0) is 13.9. The molecule has 0 aromatic heterocycles. The third kappa shape index (κ3) is 3.16. The predicted octanol–water partition coefficient (Wildman–Crippen LogP) is 2.13. The molecular weight excluding hydrogens is 262 g/mol. The Morgan fingerprint density at radius 2 is 1.89 bits per heavy atom. The minimum absolute atomic E-state index is 0.0602. The standard InChI is InChI=1S/C14H21NO3S/c1-12-5-3-2-4-10-15(12)19(17,18)14-8-6-13(11-16)7-9-14/h6-9,12,16H,2-5,10-11H2,1H3. The number of hydrogen-bond acceptors (Lipinski definition) is 3. The summed E-state index contributed by atoms with van der Waals surface area (Å²) in [6, 6.07) is 6.55. The van der Waals surface area contributed by atoms with E-state index < -0.39 is 10.0 Å². The molecule has 1 fully saturated rings. The molecule has 1 aliphatic rings. The fourth-order valence-corrected chi connectivity index (χ4v) is 4.21. The van der Waals surface area contributed by atoms with Crippen LogP contribution in [-0.4, -0.2) is 30.4 Å². The van der Waals surface area contributed by atoms with Crippen molar-refractivity contribution >= 4 is 10.0 Å². The number of aliphatic hydroxyl groups is 1. The van der Waals surface area contributed by atoms with Gasteiger partial charge in [-0.05, 0) is 37.5 Å². The summed E-state index contributed by atoms with van der Waals surface area (Å²) in [7, 11) is -3.41. The summed E-state index contributed by atoms with van der Waals surface area (Å²) in [5.74, 6) is 0. The summed E-state index contributed by atoms with van der Waals surface area (Å²) < 4.78 is 26.8. The van der Waals surface area contributed by atoms with Gasteiger partial charge in [0.15, 0.2) is 0 Å². The van der Waals surface area contributed by atoms with E-state index in [4.69, 9.17) is 5.11 Å². The second-order valence-electron chi connectivity index (χ2n) is 5.12. The lowest BCUT2D eigenvalue weighted by Crippen LogP contribution is -2.38. The van der Waals surface area contributed by atoms with Crippen LogP contribution in [0.4, 0.5) is 0 Å². The van der Waals surface area contributed by atoms with Crippen LogP contribution in [0.1, 0.15) is 38.2 Å². The van der Waals surface area contributed by atoms with Gasteiger partial charge < -0.3 is 5.11 Å². The Morgan fingerprint density at radius 1 is 1.21 bits per heavy atom. The molecule has 106 valence electrons. The fraction of sp³-hybridized carbons (Fsp3) is 0.571. The normalized spacial score (nSPS) is 22.1. The Balaban J connectivity index is 2.29. The Bertz CT molecular complexity index is 510. The third-order valence-electron chi connectivity index (χ3n) is 3.70. The summed E-state index contributed by atoms with van der Waals surface area (Å²) in [6.45, 7) is 2.51. The first kappa shape index (κ1) is 14.5. The van der Waals surface area contributed by atoms with Crippen molar-refractivity contribution in [3.8, 4) is 0 Å². The third-order valence-corrected chi connectivity index (χ3v) is 5.73. The topological polar surface area (TPSA) is 57.6 Å². The van der Waals surface area contributed by atoms with E-state index in [1.165, 1.54) is 0 Å². The van der Waals surface area contributed by atoms with Crippen LogP contribution in [0.3, 0.4) is 0 Å². The molecular formula is C14H21NO3S. The van der Waals surface area contributed by atoms with E-state index in [9.17, 15) is 8.42 Å². The van der Waals surface area contributed by atoms with Gasteiger partial charge in [0.25, 0.3) is 0 Å². The number of hydrogen-bond donors (Lipinski definition) is 1. The van der Waals surface area contributed by atoms with Crippen LogP contribution < -0.4 is 0 Å². The van der Waals surface area contributed by atoms with Gasteiger partial charge in [-0.25, -0.2) is 8.42 Å². The first-order valence-electron chi connectivity index (χ1n) is 6.77. The van der Waals surface area contributed by atoms with Crippen LogP contribution in [0, 0.1) is 0 Å². The van der Waals surface area contributed by atoms with Crippen LogP contribution >= 0.6 is 0 Å². The van der Waals surface area contributed by atoms with Gasteiger partial charge in [-0.2, -0.15) is 4.31 Å². The maximum Gasteiger partial charge on any atom is 0.243 e. The Hall–Kier alpha value is -0.910. The van der Waals surface area contributed by atoms with E-state index in [0.717, 1.165) is 31.2 Å². The number of aliphatic hydroxyl groups excluding tert-OH is 1. The summed E-state index contributed by atoms with van der Waals surface area (Å²) in [6.07, 6.45) is 4.04. The van der Waals surface area contributed by atoms with Gasteiger partial charge in [-0.15, -0.1) is 0 Å². The van der Waals surface area contributed by atoms with Gasteiger partial charge in [0, 0.05) is 12.6 Å². The van der Waals surface area contributed by atoms with Crippen molar-refractivity contribution in [1.29, 1.82) is 0 Å². The minimum atomic E-state index is -3.41. The van der Waals surface area contributed by atoms with Crippen molar-refractivity contribution in [2.45, 2.75) is 50.2 Å². The largest absolute Gasteiger partial charge is 0.392 e. The van der Waals surface area contributed by atoms with Gasteiger partial charge in [-0.1, -0.05) is 25.0 Å². The van der Waals surface area contributed by atoms with Crippen LogP contribution in [0.15, 0.2) is 29.2 Å². The molecule has 0 saturated carbocycles. The summed E-state index contributed by atoms with van der Waals surface area (Å²) in [5.41, 5.74) is 0.725. The minimum Gasteiger partial charge on any atom is -0.392 e. The molecule has 0 spiro atoms. The van der Waals surface area contributed by atoms with Gasteiger partial charge in [0.1, 0.15) is 0 Å². The highest BCUT2D eigenvalue weighted by molar-refractivity contribution is 7.89. The molecule has 19 heavy (non-hydrogen) atoms. The highest BCUT2D eigenvalue weighted by atomic mass is 32.2. The second-order valence-corrected chi connectivity index (χ2v) is 7.01. The average molecular weight is 283 g/mol. The van der Waals surface area contributed by atoms with Crippen LogP contribution in [0.5, 0.6) is 0 Å². The highest BCUT2D eigenvalue weighted by Gasteiger charge is 2.29. The Morgan fingerprint density at radius 3 is 2.53 bits per heavy atom. The number of sulfonamides is 1. The second kappa shape index (κ2) is 6.03. The molecule has 1 unspecified atom stereocenters. The smallest absolute Gasteiger partial charge is 0.243 e. The van der Waals surface area contributed by atoms with Crippen LogP contribution in [0.2, 0.25) is 0 Å². The first-order valence-corrected chi connectivity index (χ1v) is 8.21. The zero-order valence-electron chi connectivity index (χ0n) is 11.2. The lowest BCUT2D eigenvalue weighted by atomic mass is 10.1. The van der Waals surface area contributed by atoms with Gasteiger partial charge in [-0.3, -0.25) is 0 Å². The lowest BCUT2D eigenvalue weighted by molar-refractivity contribution is 0.281. The summed E-state index contributed by atoms with van der Waals surface area (Å²) >= 11 is 0. The molecule has 5 heteroatoms. The van der Waals surface area contributed by atoms with E-state index in [2.05, 4.69) is 0 Å².